The highest BCUT2D eigenvalue weighted by molar-refractivity contribution is 5.80. The zero-order chi connectivity index (χ0) is 16.6. The number of carboxylic acids is 1. The van der Waals surface area contributed by atoms with Gasteiger partial charge in [-0.15, -0.1) is 0 Å². The lowest BCUT2D eigenvalue weighted by Crippen LogP contribution is -2.09. The molecule has 1 aromatic heterocycles. The van der Waals surface area contributed by atoms with Gasteiger partial charge in [-0.25, -0.2) is 22.0 Å². The van der Waals surface area contributed by atoms with Crippen molar-refractivity contribution in [1.29, 1.82) is 0 Å². The number of benzene rings is 1. The van der Waals surface area contributed by atoms with Crippen LogP contribution < -0.4 is 5.73 Å². The minimum Gasteiger partial charge on any atom is -0.481 e. The predicted molar refractivity (Wildman–Crippen MR) is 65.2 cm³/mol. The molecule has 0 amide bonds. The van der Waals surface area contributed by atoms with Crippen molar-refractivity contribution < 1.29 is 31.9 Å². The van der Waals surface area contributed by atoms with E-state index in [9.17, 15) is 26.7 Å². The Kier molecular flexibility index (Phi) is 3.98. The maximum atomic E-state index is 13.7. The van der Waals surface area contributed by atoms with Crippen LogP contribution in [0.4, 0.5) is 27.6 Å². The SMILES string of the molecule is Nc1c(CC(=O)O)ccnc1-c1c(F)c(F)c(F)c(F)c1F. The van der Waals surface area contributed by atoms with Crippen molar-refractivity contribution in [3.8, 4) is 11.3 Å². The summed E-state index contributed by atoms with van der Waals surface area (Å²) in [6, 6.07) is 1.17. The molecule has 3 N–H and O–H groups in total. The van der Waals surface area contributed by atoms with E-state index >= 15 is 0 Å². The van der Waals surface area contributed by atoms with Crippen LogP contribution in [0, 0.1) is 29.1 Å². The van der Waals surface area contributed by atoms with E-state index in [1.165, 1.54) is 6.07 Å². The third-order valence-electron chi connectivity index (χ3n) is 2.87. The number of nitrogen functional groups attached to an aromatic ring is 1. The first-order valence-corrected chi connectivity index (χ1v) is 5.72. The van der Waals surface area contributed by atoms with E-state index in [4.69, 9.17) is 10.8 Å². The highest BCUT2D eigenvalue weighted by Crippen LogP contribution is 2.34. The van der Waals surface area contributed by atoms with Gasteiger partial charge < -0.3 is 10.8 Å². The normalized spacial score (nSPS) is 10.8. The Balaban J connectivity index is 2.76. The van der Waals surface area contributed by atoms with Gasteiger partial charge in [-0.3, -0.25) is 9.78 Å². The molecule has 0 radical (unpaired) electrons. The molecule has 0 saturated carbocycles. The molecule has 0 aliphatic heterocycles. The first kappa shape index (κ1) is 15.7. The van der Waals surface area contributed by atoms with Gasteiger partial charge in [-0.1, -0.05) is 0 Å². The largest absolute Gasteiger partial charge is 0.481 e. The maximum Gasteiger partial charge on any atom is 0.307 e. The van der Waals surface area contributed by atoms with Crippen molar-refractivity contribution in [3.63, 3.8) is 0 Å². The summed E-state index contributed by atoms with van der Waals surface area (Å²) < 4.78 is 66.9. The van der Waals surface area contributed by atoms with E-state index in [1.807, 2.05) is 0 Å². The average molecular weight is 318 g/mol. The van der Waals surface area contributed by atoms with Crippen molar-refractivity contribution in [2.75, 3.05) is 5.73 Å². The maximum absolute atomic E-state index is 13.7. The summed E-state index contributed by atoms with van der Waals surface area (Å²) in [5.74, 6) is -12.1. The molecule has 0 saturated heterocycles. The Morgan fingerprint density at radius 1 is 1.05 bits per heavy atom. The van der Waals surface area contributed by atoms with Crippen molar-refractivity contribution in [1.82, 2.24) is 4.98 Å². The van der Waals surface area contributed by atoms with Gasteiger partial charge in [0.15, 0.2) is 23.3 Å². The summed E-state index contributed by atoms with van der Waals surface area (Å²) >= 11 is 0. The first-order valence-electron chi connectivity index (χ1n) is 5.72. The number of pyridine rings is 1. The average Bonchev–Trinajstić information content (AvgIpc) is 2.46. The van der Waals surface area contributed by atoms with E-state index in [2.05, 4.69) is 4.98 Å². The summed E-state index contributed by atoms with van der Waals surface area (Å²) in [7, 11) is 0. The number of carbonyl (C=O) groups is 1. The van der Waals surface area contributed by atoms with Crippen LogP contribution in [0.15, 0.2) is 12.3 Å². The second-order valence-corrected chi connectivity index (χ2v) is 4.25. The molecule has 0 unspecified atom stereocenters. The number of nitrogens with two attached hydrogens (primary N) is 1. The number of anilines is 1. The number of nitrogens with zero attached hydrogens (tertiary/aromatic N) is 1. The number of halogens is 5. The van der Waals surface area contributed by atoms with Gasteiger partial charge in [-0.2, -0.15) is 0 Å². The minimum atomic E-state index is -2.31. The summed E-state index contributed by atoms with van der Waals surface area (Å²) in [5.41, 5.74) is 2.97. The zero-order valence-electron chi connectivity index (χ0n) is 10.6. The van der Waals surface area contributed by atoms with Crippen molar-refractivity contribution >= 4 is 11.7 Å². The van der Waals surface area contributed by atoms with Crippen LogP contribution >= 0.6 is 0 Å². The van der Waals surface area contributed by atoms with Gasteiger partial charge in [0.2, 0.25) is 5.82 Å². The van der Waals surface area contributed by atoms with Crippen LogP contribution in [0.5, 0.6) is 0 Å². The van der Waals surface area contributed by atoms with Gasteiger partial charge in [0, 0.05) is 6.20 Å². The Bertz CT molecular complexity index is 751. The molecule has 0 fully saturated rings. The van der Waals surface area contributed by atoms with Gasteiger partial charge in [-0.05, 0) is 11.6 Å². The smallest absolute Gasteiger partial charge is 0.307 e. The Hall–Kier alpha value is -2.71. The first-order chi connectivity index (χ1) is 10.3. The highest BCUT2D eigenvalue weighted by atomic mass is 19.2. The molecule has 2 rings (SSSR count). The lowest BCUT2D eigenvalue weighted by molar-refractivity contribution is -0.136. The molecule has 0 atom stereocenters. The summed E-state index contributed by atoms with van der Waals surface area (Å²) in [5, 5.41) is 8.69. The van der Waals surface area contributed by atoms with Crippen molar-refractivity contribution in [2.45, 2.75) is 6.42 Å². The standard InChI is InChI=1S/C13H7F5N2O2/c14-7-6(8(15)10(17)11(18)9(7)16)13-12(19)4(1-2-20-13)3-5(21)22/h1-2H,3,19H2,(H,21,22). The van der Waals surface area contributed by atoms with Crippen LogP contribution in [-0.2, 0) is 11.2 Å². The summed E-state index contributed by atoms with van der Waals surface area (Å²) in [6.45, 7) is 0. The molecule has 0 spiro atoms. The number of rotatable bonds is 3. The predicted octanol–water partition coefficient (Wildman–Crippen LogP) is 2.65. The topological polar surface area (TPSA) is 76.2 Å². The molecular weight excluding hydrogens is 311 g/mol. The van der Waals surface area contributed by atoms with E-state index in [0.29, 0.717) is 0 Å². The minimum absolute atomic E-state index is 0.0681. The molecule has 0 aliphatic rings. The van der Waals surface area contributed by atoms with Crippen LogP contribution in [0.2, 0.25) is 0 Å². The molecule has 0 aliphatic carbocycles. The Morgan fingerprint density at radius 3 is 2.05 bits per heavy atom. The lowest BCUT2D eigenvalue weighted by Gasteiger charge is -2.12. The molecule has 1 heterocycles. The van der Waals surface area contributed by atoms with Crippen LogP contribution in [0.25, 0.3) is 11.3 Å². The third-order valence-corrected chi connectivity index (χ3v) is 2.87. The second-order valence-electron chi connectivity index (χ2n) is 4.25. The number of aromatic nitrogens is 1. The van der Waals surface area contributed by atoms with E-state index in [0.717, 1.165) is 6.20 Å². The second kappa shape index (κ2) is 5.58. The molecule has 1 aromatic carbocycles. The molecule has 9 heteroatoms. The summed E-state index contributed by atoms with van der Waals surface area (Å²) in [4.78, 5) is 14.2. The fraction of sp³-hybridized carbons (Fsp3) is 0.0769. The monoisotopic (exact) mass is 318 g/mol. The van der Waals surface area contributed by atoms with Crippen LogP contribution in [0.3, 0.4) is 0 Å². The molecule has 0 bridgehead atoms. The van der Waals surface area contributed by atoms with Gasteiger partial charge in [0.1, 0.15) is 0 Å². The molecular formula is C13H7F5N2O2. The van der Waals surface area contributed by atoms with E-state index < -0.39 is 58.4 Å². The molecule has 116 valence electrons. The Morgan fingerprint density at radius 2 is 1.55 bits per heavy atom. The van der Waals surface area contributed by atoms with Crippen LogP contribution in [-0.4, -0.2) is 16.1 Å². The summed E-state index contributed by atoms with van der Waals surface area (Å²) in [6.07, 6.45) is 0.360. The number of aliphatic carboxylic acids is 1. The van der Waals surface area contributed by atoms with Gasteiger partial charge in [0.25, 0.3) is 0 Å². The number of carboxylic acid groups (broad SMARTS) is 1. The van der Waals surface area contributed by atoms with Gasteiger partial charge in [0.05, 0.1) is 23.4 Å². The molecule has 2 aromatic rings. The highest BCUT2D eigenvalue weighted by Gasteiger charge is 2.28. The van der Waals surface area contributed by atoms with Crippen molar-refractivity contribution in [3.05, 3.63) is 46.9 Å². The van der Waals surface area contributed by atoms with Gasteiger partial charge >= 0.3 is 5.97 Å². The van der Waals surface area contributed by atoms with Crippen LogP contribution in [0.1, 0.15) is 5.56 Å². The zero-order valence-corrected chi connectivity index (χ0v) is 10.6. The number of hydrogen-bond acceptors (Lipinski definition) is 3. The van der Waals surface area contributed by atoms with E-state index in [-0.39, 0.29) is 5.56 Å². The van der Waals surface area contributed by atoms with E-state index in [1.54, 1.807) is 0 Å². The Labute approximate surface area is 120 Å². The quantitative estimate of drug-likeness (QED) is 0.518. The lowest BCUT2D eigenvalue weighted by atomic mass is 10.0. The fourth-order valence-corrected chi connectivity index (χ4v) is 1.84. The molecule has 22 heavy (non-hydrogen) atoms. The number of hydrogen-bond donors (Lipinski definition) is 2. The van der Waals surface area contributed by atoms with Crippen molar-refractivity contribution in [2.24, 2.45) is 0 Å². The fourth-order valence-electron chi connectivity index (χ4n) is 1.84. The molecule has 4 nitrogen and oxygen atoms in total. The third kappa shape index (κ3) is 2.45.